The van der Waals surface area contributed by atoms with Crippen molar-refractivity contribution in [3.05, 3.63) is 28.5 Å². The molecule has 1 atom stereocenters. The summed E-state index contributed by atoms with van der Waals surface area (Å²) >= 11 is 3.08. The van der Waals surface area contributed by atoms with Crippen LogP contribution in [0.2, 0.25) is 0 Å². The molecule has 0 bridgehead atoms. The zero-order chi connectivity index (χ0) is 14.2. The van der Waals surface area contributed by atoms with Crippen LogP contribution in [0.25, 0.3) is 0 Å². The third-order valence-corrected chi connectivity index (χ3v) is 5.39. The van der Waals surface area contributed by atoms with Crippen LogP contribution in [0.4, 0.5) is 4.39 Å². The lowest BCUT2D eigenvalue weighted by Gasteiger charge is -2.21. The molecule has 104 valence electrons. The molecule has 0 spiro atoms. The Labute approximate surface area is 118 Å². The molecule has 1 heterocycles. The standard InChI is InChI=1S/C11H11BrFNO4S/c12-7-3-4-8(13)10(6-7)19(17,18)14-5-1-2-9(14)11(15)16/h3-4,6,9H,1-2,5H2,(H,15,16)/t9-/m0/s1. The van der Waals surface area contributed by atoms with Crippen LogP contribution in [0, 0.1) is 5.82 Å². The highest BCUT2D eigenvalue weighted by atomic mass is 79.9. The molecule has 1 aromatic carbocycles. The Morgan fingerprint density at radius 3 is 2.79 bits per heavy atom. The predicted molar refractivity (Wildman–Crippen MR) is 68.6 cm³/mol. The molecule has 0 saturated carbocycles. The third-order valence-electron chi connectivity index (χ3n) is 2.97. The molecule has 0 radical (unpaired) electrons. The zero-order valence-corrected chi connectivity index (χ0v) is 12.1. The average molecular weight is 352 g/mol. The smallest absolute Gasteiger partial charge is 0.322 e. The first-order chi connectivity index (χ1) is 8.84. The second-order valence-corrected chi connectivity index (χ2v) is 6.96. The molecule has 1 saturated heterocycles. The van der Waals surface area contributed by atoms with Crippen LogP contribution in [-0.2, 0) is 14.8 Å². The summed E-state index contributed by atoms with van der Waals surface area (Å²) in [6, 6.07) is 2.43. The SMILES string of the molecule is O=C(O)[C@@H]1CCCN1S(=O)(=O)c1cc(Br)ccc1F. The van der Waals surface area contributed by atoms with Crippen molar-refractivity contribution in [2.75, 3.05) is 6.54 Å². The van der Waals surface area contributed by atoms with Gasteiger partial charge in [0.2, 0.25) is 10.0 Å². The van der Waals surface area contributed by atoms with Crippen LogP contribution in [0.5, 0.6) is 0 Å². The molecule has 0 amide bonds. The summed E-state index contributed by atoms with van der Waals surface area (Å²) in [7, 11) is -4.14. The van der Waals surface area contributed by atoms with Crippen molar-refractivity contribution in [3.8, 4) is 0 Å². The van der Waals surface area contributed by atoms with Crippen molar-refractivity contribution >= 4 is 31.9 Å². The summed E-state index contributed by atoms with van der Waals surface area (Å²) in [6.07, 6.45) is 0.690. The van der Waals surface area contributed by atoms with Gasteiger partial charge in [0.1, 0.15) is 16.8 Å². The van der Waals surface area contributed by atoms with Gasteiger partial charge in [0.05, 0.1) is 0 Å². The number of benzene rings is 1. The van der Waals surface area contributed by atoms with Crippen LogP contribution in [0.15, 0.2) is 27.6 Å². The number of aliphatic carboxylic acids is 1. The average Bonchev–Trinajstić information content (AvgIpc) is 2.82. The topological polar surface area (TPSA) is 74.7 Å². The van der Waals surface area contributed by atoms with Gasteiger partial charge in [-0.15, -0.1) is 0 Å². The number of sulfonamides is 1. The summed E-state index contributed by atoms with van der Waals surface area (Å²) in [6.45, 7) is 0.0885. The Morgan fingerprint density at radius 2 is 2.16 bits per heavy atom. The van der Waals surface area contributed by atoms with E-state index in [1.54, 1.807) is 0 Å². The quantitative estimate of drug-likeness (QED) is 0.901. The third kappa shape index (κ3) is 2.65. The van der Waals surface area contributed by atoms with Gasteiger partial charge >= 0.3 is 5.97 Å². The molecule has 0 aliphatic carbocycles. The summed E-state index contributed by atoms with van der Waals surface area (Å²) in [4.78, 5) is 10.5. The van der Waals surface area contributed by atoms with Gasteiger partial charge in [0.15, 0.2) is 0 Å². The van der Waals surface area contributed by atoms with E-state index in [2.05, 4.69) is 15.9 Å². The first-order valence-corrected chi connectivity index (χ1v) is 7.77. The molecule has 1 fully saturated rings. The Morgan fingerprint density at radius 1 is 1.47 bits per heavy atom. The van der Waals surface area contributed by atoms with E-state index in [0.29, 0.717) is 10.9 Å². The van der Waals surface area contributed by atoms with E-state index in [-0.39, 0.29) is 13.0 Å². The van der Waals surface area contributed by atoms with Crippen molar-refractivity contribution in [2.45, 2.75) is 23.8 Å². The van der Waals surface area contributed by atoms with E-state index in [4.69, 9.17) is 5.11 Å². The number of hydrogen-bond donors (Lipinski definition) is 1. The number of hydrogen-bond acceptors (Lipinski definition) is 3. The summed E-state index contributed by atoms with van der Waals surface area (Å²) in [5.41, 5.74) is 0. The number of rotatable bonds is 3. The van der Waals surface area contributed by atoms with Crippen molar-refractivity contribution < 1.29 is 22.7 Å². The predicted octanol–water partition coefficient (Wildman–Crippen LogP) is 1.83. The number of halogens is 2. The molecule has 2 rings (SSSR count). The van der Waals surface area contributed by atoms with Crippen molar-refractivity contribution in [1.29, 1.82) is 0 Å². The lowest BCUT2D eigenvalue weighted by atomic mass is 10.2. The van der Waals surface area contributed by atoms with Gasteiger partial charge in [-0.1, -0.05) is 15.9 Å². The number of carboxylic acids is 1. The Bertz CT molecular complexity index is 619. The molecular weight excluding hydrogens is 341 g/mol. The van der Waals surface area contributed by atoms with Gasteiger partial charge < -0.3 is 5.11 Å². The van der Waals surface area contributed by atoms with E-state index < -0.39 is 32.7 Å². The number of carboxylic acid groups (broad SMARTS) is 1. The minimum absolute atomic E-state index is 0.0885. The maximum atomic E-state index is 13.7. The Hall–Kier alpha value is -0.990. The molecule has 1 aromatic rings. The van der Waals surface area contributed by atoms with E-state index >= 15 is 0 Å². The van der Waals surface area contributed by atoms with Crippen LogP contribution in [0.3, 0.4) is 0 Å². The Kier molecular flexibility index (Phi) is 3.93. The van der Waals surface area contributed by atoms with Crippen molar-refractivity contribution in [3.63, 3.8) is 0 Å². The first-order valence-electron chi connectivity index (χ1n) is 5.54. The highest BCUT2D eigenvalue weighted by molar-refractivity contribution is 9.10. The summed E-state index contributed by atoms with van der Waals surface area (Å²) < 4.78 is 39.6. The van der Waals surface area contributed by atoms with Gasteiger partial charge in [-0.3, -0.25) is 4.79 Å². The van der Waals surface area contributed by atoms with Crippen LogP contribution < -0.4 is 0 Å². The normalized spacial score (nSPS) is 20.6. The number of carbonyl (C=O) groups is 1. The molecule has 0 unspecified atom stereocenters. The zero-order valence-electron chi connectivity index (χ0n) is 9.71. The fourth-order valence-corrected chi connectivity index (χ4v) is 4.33. The highest BCUT2D eigenvalue weighted by Crippen LogP contribution is 2.29. The minimum Gasteiger partial charge on any atom is -0.480 e. The molecule has 1 aliphatic rings. The molecule has 1 aliphatic heterocycles. The fourth-order valence-electron chi connectivity index (χ4n) is 2.08. The van der Waals surface area contributed by atoms with Gasteiger partial charge in [-0.25, -0.2) is 12.8 Å². The van der Waals surface area contributed by atoms with Crippen LogP contribution in [-0.4, -0.2) is 36.4 Å². The van der Waals surface area contributed by atoms with Crippen LogP contribution >= 0.6 is 15.9 Å². The number of nitrogens with zero attached hydrogens (tertiary/aromatic N) is 1. The van der Waals surface area contributed by atoms with E-state index in [1.807, 2.05) is 0 Å². The lowest BCUT2D eigenvalue weighted by Crippen LogP contribution is -2.40. The first kappa shape index (κ1) is 14.4. The van der Waals surface area contributed by atoms with Gasteiger partial charge in [0, 0.05) is 11.0 Å². The summed E-state index contributed by atoms with van der Waals surface area (Å²) in [5, 5.41) is 9.01. The molecule has 5 nitrogen and oxygen atoms in total. The molecule has 1 N–H and O–H groups in total. The molecule has 19 heavy (non-hydrogen) atoms. The second kappa shape index (κ2) is 5.18. The van der Waals surface area contributed by atoms with Gasteiger partial charge in [-0.05, 0) is 31.0 Å². The Balaban J connectivity index is 2.48. The molecular formula is C11H11BrFNO4S. The molecule has 0 aromatic heterocycles. The highest BCUT2D eigenvalue weighted by Gasteiger charge is 2.40. The van der Waals surface area contributed by atoms with Gasteiger partial charge in [0.25, 0.3) is 0 Å². The van der Waals surface area contributed by atoms with E-state index in [1.165, 1.54) is 6.07 Å². The summed E-state index contributed by atoms with van der Waals surface area (Å²) in [5.74, 6) is -2.10. The lowest BCUT2D eigenvalue weighted by molar-refractivity contribution is -0.140. The van der Waals surface area contributed by atoms with Crippen molar-refractivity contribution in [1.82, 2.24) is 4.31 Å². The second-order valence-electron chi connectivity index (χ2n) is 4.19. The fraction of sp³-hybridized carbons (Fsp3) is 0.364. The molecule has 8 heteroatoms. The maximum Gasteiger partial charge on any atom is 0.322 e. The monoisotopic (exact) mass is 351 g/mol. The largest absolute Gasteiger partial charge is 0.480 e. The maximum absolute atomic E-state index is 13.7. The van der Waals surface area contributed by atoms with Gasteiger partial charge in [-0.2, -0.15) is 4.31 Å². The van der Waals surface area contributed by atoms with Crippen LogP contribution in [0.1, 0.15) is 12.8 Å². The van der Waals surface area contributed by atoms with E-state index in [9.17, 15) is 17.6 Å². The van der Waals surface area contributed by atoms with Crippen molar-refractivity contribution in [2.24, 2.45) is 0 Å². The van der Waals surface area contributed by atoms with E-state index in [0.717, 1.165) is 16.4 Å². The minimum atomic E-state index is -4.14.